The molecule has 5 nitrogen and oxygen atoms in total. The minimum atomic E-state index is -0.464. The van der Waals surface area contributed by atoms with Crippen LogP contribution in [0.5, 0.6) is 0 Å². The van der Waals surface area contributed by atoms with Crippen molar-refractivity contribution in [2.75, 3.05) is 26.9 Å². The standard InChI is InChI=1S/C16H27NO4/c1-16(2,3)21-15(18)17-13-8-12(6-5-7-19-4)9-14(17)11-20-10-13/h8,13-14H,5-7,9-11H2,1-4H3. The normalized spacial score (nSPS) is 25.5. The van der Waals surface area contributed by atoms with Gasteiger partial charge in [-0.25, -0.2) is 4.79 Å². The number of rotatable bonds is 4. The summed E-state index contributed by atoms with van der Waals surface area (Å²) in [5, 5.41) is 0. The van der Waals surface area contributed by atoms with Crippen LogP contribution in [-0.2, 0) is 14.2 Å². The van der Waals surface area contributed by atoms with Crippen molar-refractivity contribution < 1.29 is 19.0 Å². The summed E-state index contributed by atoms with van der Waals surface area (Å²) in [5.41, 5.74) is 0.944. The number of hydrogen-bond donors (Lipinski definition) is 0. The summed E-state index contributed by atoms with van der Waals surface area (Å²) in [7, 11) is 1.72. The third-order valence-corrected chi connectivity index (χ3v) is 3.73. The fourth-order valence-corrected chi connectivity index (χ4v) is 2.91. The van der Waals surface area contributed by atoms with Crippen LogP contribution < -0.4 is 0 Å². The molecule has 0 aromatic rings. The molecule has 0 aliphatic carbocycles. The highest BCUT2D eigenvalue weighted by atomic mass is 16.6. The van der Waals surface area contributed by atoms with Gasteiger partial charge in [0, 0.05) is 13.7 Å². The van der Waals surface area contributed by atoms with Gasteiger partial charge in [0.2, 0.25) is 0 Å². The molecule has 0 aromatic carbocycles. The van der Waals surface area contributed by atoms with Gasteiger partial charge in [0.1, 0.15) is 5.60 Å². The lowest BCUT2D eigenvalue weighted by molar-refractivity contribution is -0.0538. The maximum absolute atomic E-state index is 12.4. The molecule has 1 saturated heterocycles. The van der Waals surface area contributed by atoms with Crippen LogP contribution in [0, 0.1) is 0 Å². The summed E-state index contributed by atoms with van der Waals surface area (Å²) in [6, 6.07) is 0.103. The van der Waals surface area contributed by atoms with E-state index in [1.165, 1.54) is 5.57 Å². The second-order valence-electron chi connectivity index (χ2n) is 6.77. The Hall–Kier alpha value is -1.07. The molecule has 1 amide bonds. The average Bonchev–Trinajstić information content (AvgIpc) is 2.35. The number of amides is 1. The Kier molecular flexibility index (Phi) is 5.27. The lowest BCUT2D eigenvalue weighted by Crippen LogP contribution is -2.57. The van der Waals surface area contributed by atoms with Crippen molar-refractivity contribution in [1.29, 1.82) is 0 Å². The van der Waals surface area contributed by atoms with Crippen LogP contribution in [0.15, 0.2) is 11.6 Å². The van der Waals surface area contributed by atoms with Gasteiger partial charge in [-0.15, -0.1) is 0 Å². The van der Waals surface area contributed by atoms with Crippen LogP contribution in [0.2, 0.25) is 0 Å². The van der Waals surface area contributed by atoms with E-state index in [2.05, 4.69) is 6.08 Å². The molecule has 2 rings (SSSR count). The van der Waals surface area contributed by atoms with Gasteiger partial charge < -0.3 is 14.2 Å². The largest absolute Gasteiger partial charge is 0.444 e. The van der Waals surface area contributed by atoms with E-state index in [-0.39, 0.29) is 18.2 Å². The van der Waals surface area contributed by atoms with Gasteiger partial charge in [0.25, 0.3) is 0 Å². The van der Waals surface area contributed by atoms with Crippen molar-refractivity contribution >= 4 is 6.09 Å². The topological polar surface area (TPSA) is 48.0 Å². The SMILES string of the molecule is COCCCC1=CC2COCC(C1)N2C(=O)OC(C)(C)C. The van der Waals surface area contributed by atoms with E-state index in [1.807, 2.05) is 25.7 Å². The summed E-state index contributed by atoms with van der Waals surface area (Å²) >= 11 is 0. The zero-order valence-corrected chi connectivity index (χ0v) is 13.6. The number of carbonyl (C=O) groups is 1. The average molecular weight is 297 g/mol. The first-order valence-corrected chi connectivity index (χ1v) is 7.68. The first kappa shape index (κ1) is 16.3. The Bertz CT molecular complexity index is 400. The third-order valence-electron chi connectivity index (χ3n) is 3.73. The molecule has 1 fully saturated rings. The summed E-state index contributed by atoms with van der Waals surface area (Å²) in [4.78, 5) is 14.2. The molecule has 2 bridgehead atoms. The molecule has 2 heterocycles. The quantitative estimate of drug-likeness (QED) is 0.591. The third kappa shape index (κ3) is 4.45. The maximum atomic E-state index is 12.4. The Morgan fingerprint density at radius 2 is 2.19 bits per heavy atom. The van der Waals surface area contributed by atoms with Crippen molar-refractivity contribution in [1.82, 2.24) is 4.90 Å². The molecule has 0 saturated carbocycles. The second-order valence-corrected chi connectivity index (χ2v) is 6.77. The molecular weight excluding hydrogens is 270 g/mol. The summed E-state index contributed by atoms with van der Waals surface area (Å²) in [6.45, 7) is 7.62. The molecule has 2 atom stereocenters. The highest BCUT2D eigenvalue weighted by molar-refractivity contribution is 5.70. The maximum Gasteiger partial charge on any atom is 0.411 e. The van der Waals surface area contributed by atoms with E-state index in [1.54, 1.807) is 7.11 Å². The number of fused-ring (bicyclic) bond motifs is 2. The van der Waals surface area contributed by atoms with Crippen molar-refractivity contribution in [3.05, 3.63) is 11.6 Å². The molecular formula is C16H27NO4. The highest BCUT2D eigenvalue weighted by Crippen LogP contribution is 2.30. The number of nitrogens with zero attached hydrogens (tertiary/aromatic N) is 1. The molecule has 0 N–H and O–H groups in total. The molecule has 0 aromatic heterocycles. The van der Waals surface area contributed by atoms with Crippen molar-refractivity contribution in [3.63, 3.8) is 0 Å². The second kappa shape index (κ2) is 6.79. The predicted octanol–water partition coefficient (Wildman–Crippen LogP) is 2.75. The van der Waals surface area contributed by atoms with Gasteiger partial charge in [0.05, 0.1) is 25.3 Å². The van der Waals surface area contributed by atoms with Crippen molar-refractivity contribution in [2.45, 2.75) is 57.7 Å². The van der Waals surface area contributed by atoms with Gasteiger partial charge in [0.15, 0.2) is 0 Å². The fraction of sp³-hybridized carbons (Fsp3) is 0.812. The number of carbonyl (C=O) groups excluding carboxylic acids is 1. The molecule has 5 heteroatoms. The Morgan fingerprint density at radius 3 is 2.81 bits per heavy atom. The van der Waals surface area contributed by atoms with Crippen LogP contribution in [0.25, 0.3) is 0 Å². The van der Waals surface area contributed by atoms with E-state index in [0.717, 1.165) is 25.9 Å². The number of hydrogen-bond acceptors (Lipinski definition) is 4. The van der Waals surface area contributed by atoms with E-state index in [4.69, 9.17) is 14.2 Å². The van der Waals surface area contributed by atoms with E-state index in [0.29, 0.717) is 13.2 Å². The summed E-state index contributed by atoms with van der Waals surface area (Å²) < 4.78 is 16.2. The van der Waals surface area contributed by atoms with Crippen LogP contribution in [0.4, 0.5) is 4.79 Å². The van der Waals surface area contributed by atoms with Gasteiger partial charge in [-0.3, -0.25) is 4.90 Å². The van der Waals surface area contributed by atoms with Crippen molar-refractivity contribution in [3.8, 4) is 0 Å². The summed E-state index contributed by atoms with van der Waals surface area (Å²) in [6.07, 6.45) is 4.88. The Labute approximate surface area is 127 Å². The molecule has 0 spiro atoms. The monoisotopic (exact) mass is 297 g/mol. The zero-order valence-electron chi connectivity index (χ0n) is 13.6. The lowest BCUT2D eigenvalue weighted by atomic mass is 9.92. The first-order valence-electron chi connectivity index (χ1n) is 7.68. The zero-order chi connectivity index (χ0) is 15.5. The molecule has 2 unspecified atom stereocenters. The summed E-state index contributed by atoms with van der Waals surface area (Å²) in [5.74, 6) is 0. The van der Waals surface area contributed by atoms with Crippen molar-refractivity contribution in [2.24, 2.45) is 0 Å². The first-order chi connectivity index (χ1) is 9.90. The minimum absolute atomic E-state index is 0.00453. The van der Waals surface area contributed by atoms with Crippen LogP contribution in [0.1, 0.15) is 40.0 Å². The molecule has 21 heavy (non-hydrogen) atoms. The number of ether oxygens (including phenoxy) is 3. The Morgan fingerprint density at radius 1 is 1.43 bits per heavy atom. The minimum Gasteiger partial charge on any atom is -0.444 e. The fourth-order valence-electron chi connectivity index (χ4n) is 2.91. The molecule has 2 aliphatic heterocycles. The van der Waals surface area contributed by atoms with Gasteiger partial charge in [-0.1, -0.05) is 11.6 Å². The lowest BCUT2D eigenvalue weighted by Gasteiger charge is -2.44. The van der Waals surface area contributed by atoms with Gasteiger partial charge in [-0.05, 0) is 40.0 Å². The van der Waals surface area contributed by atoms with Crippen LogP contribution in [-0.4, -0.2) is 55.6 Å². The van der Waals surface area contributed by atoms with E-state index >= 15 is 0 Å². The number of morpholine rings is 1. The molecule has 2 aliphatic rings. The van der Waals surface area contributed by atoms with E-state index in [9.17, 15) is 4.79 Å². The van der Waals surface area contributed by atoms with E-state index < -0.39 is 5.60 Å². The van der Waals surface area contributed by atoms with Gasteiger partial charge >= 0.3 is 6.09 Å². The molecule has 0 radical (unpaired) electrons. The smallest absolute Gasteiger partial charge is 0.411 e. The highest BCUT2D eigenvalue weighted by Gasteiger charge is 2.39. The van der Waals surface area contributed by atoms with Crippen LogP contribution in [0.3, 0.4) is 0 Å². The number of methoxy groups -OCH3 is 1. The molecule has 120 valence electrons. The van der Waals surface area contributed by atoms with Crippen LogP contribution >= 0.6 is 0 Å². The van der Waals surface area contributed by atoms with Gasteiger partial charge in [-0.2, -0.15) is 0 Å². The predicted molar refractivity (Wildman–Crippen MR) is 80.3 cm³/mol. The Balaban J connectivity index is 2.03.